The van der Waals surface area contributed by atoms with Crippen LogP contribution in [0, 0.1) is 5.92 Å². The van der Waals surface area contributed by atoms with Gasteiger partial charge in [-0.2, -0.15) is 5.10 Å². The number of hydrogen-bond acceptors (Lipinski definition) is 4. The summed E-state index contributed by atoms with van der Waals surface area (Å²) >= 11 is 0. The molecule has 1 aromatic carbocycles. The number of nitrogens with zero attached hydrogens (tertiary/aromatic N) is 4. The molecule has 4 heterocycles. The van der Waals surface area contributed by atoms with E-state index in [1.807, 2.05) is 61.8 Å². The van der Waals surface area contributed by atoms with Crippen LogP contribution in [0.1, 0.15) is 29.6 Å². The Kier molecular flexibility index (Phi) is 4.54. The van der Waals surface area contributed by atoms with Crippen LogP contribution in [0.4, 0.5) is 0 Å². The number of rotatable bonds is 5. The lowest BCUT2D eigenvalue weighted by Crippen LogP contribution is -2.37. The van der Waals surface area contributed by atoms with Gasteiger partial charge in [0, 0.05) is 49.1 Å². The number of amides is 1. The molecule has 1 amide bonds. The molecule has 148 valence electrons. The first-order chi connectivity index (χ1) is 14.2. The molecule has 29 heavy (non-hydrogen) atoms. The van der Waals surface area contributed by atoms with Gasteiger partial charge in [-0.3, -0.25) is 9.48 Å². The number of pyridine rings is 1. The molecule has 0 saturated carbocycles. The molecule has 2 aliphatic rings. The second-order valence-electron chi connectivity index (χ2n) is 7.92. The molecule has 0 N–H and O–H groups in total. The molecule has 2 fully saturated rings. The molecule has 6 heteroatoms. The van der Waals surface area contributed by atoms with E-state index in [-0.39, 0.29) is 18.0 Å². The molecule has 0 spiro atoms. The van der Waals surface area contributed by atoms with Crippen molar-refractivity contribution in [2.75, 3.05) is 6.61 Å². The summed E-state index contributed by atoms with van der Waals surface area (Å²) in [5, 5.41) is 4.58. The van der Waals surface area contributed by atoms with Gasteiger partial charge in [0.2, 0.25) is 5.88 Å². The Labute approximate surface area is 170 Å². The van der Waals surface area contributed by atoms with E-state index in [1.54, 1.807) is 10.9 Å². The lowest BCUT2D eigenvalue weighted by Gasteiger charge is -2.24. The molecule has 2 aromatic heterocycles. The highest BCUT2D eigenvalue weighted by Crippen LogP contribution is 2.43. The van der Waals surface area contributed by atoms with Crippen LogP contribution in [0.3, 0.4) is 0 Å². The van der Waals surface area contributed by atoms with E-state index in [9.17, 15) is 4.79 Å². The maximum atomic E-state index is 13.6. The lowest BCUT2D eigenvalue weighted by atomic mass is 9.90. The first-order valence-electron chi connectivity index (χ1n) is 10.2. The third kappa shape index (κ3) is 3.28. The number of carbonyl (C=O) groups is 1. The zero-order valence-electron chi connectivity index (χ0n) is 16.4. The van der Waals surface area contributed by atoms with Crippen LogP contribution in [0.15, 0.2) is 60.9 Å². The summed E-state index contributed by atoms with van der Waals surface area (Å²) in [6, 6.07) is 16.1. The number of aromatic nitrogens is 3. The molecule has 2 aliphatic heterocycles. The Bertz CT molecular complexity index is 1000. The molecular formula is C23H24N4O2. The highest BCUT2D eigenvalue weighted by Gasteiger charge is 2.49. The van der Waals surface area contributed by atoms with Crippen LogP contribution >= 0.6 is 0 Å². The summed E-state index contributed by atoms with van der Waals surface area (Å²) < 4.78 is 7.64. The van der Waals surface area contributed by atoms with E-state index in [2.05, 4.69) is 15.0 Å². The van der Waals surface area contributed by atoms with Crippen molar-refractivity contribution >= 4 is 5.91 Å². The monoisotopic (exact) mass is 388 g/mol. The smallest absolute Gasteiger partial charge is 0.258 e. The quantitative estimate of drug-likeness (QED) is 0.671. The molecule has 6 nitrogen and oxygen atoms in total. The summed E-state index contributed by atoms with van der Waals surface area (Å²) in [7, 11) is 1.87. The Morgan fingerprint density at radius 3 is 2.76 bits per heavy atom. The van der Waals surface area contributed by atoms with Crippen molar-refractivity contribution in [1.82, 2.24) is 19.7 Å². The zero-order chi connectivity index (χ0) is 19.8. The number of fused-ring (bicyclic) bond motifs is 2. The number of hydrogen-bond donors (Lipinski definition) is 0. The van der Waals surface area contributed by atoms with Crippen LogP contribution in [-0.2, 0) is 7.05 Å². The number of aryl methyl sites for hydroxylation is 1. The fourth-order valence-electron chi connectivity index (χ4n) is 4.83. The Morgan fingerprint density at radius 2 is 1.97 bits per heavy atom. The number of ether oxygens (including phenoxy) is 1. The van der Waals surface area contributed by atoms with Crippen molar-refractivity contribution in [2.45, 2.75) is 31.3 Å². The van der Waals surface area contributed by atoms with E-state index in [0.717, 1.165) is 30.5 Å². The van der Waals surface area contributed by atoms with Gasteiger partial charge in [-0.25, -0.2) is 4.98 Å². The summed E-state index contributed by atoms with van der Waals surface area (Å²) in [4.78, 5) is 19.9. The minimum Gasteiger partial charge on any atom is -0.477 e. The van der Waals surface area contributed by atoms with Crippen molar-refractivity contribution in [3.8, 4) is 17.1 Å². The molecule has 0 aliphatic carbocycles. The normalized spacial score (nSPS) is 22.8. The van der Waals surface area contributed by atoms with Gasteiger partial charge in [-0.1, -0.05) is 36.4 Å². The Balaban J connectivity index is 1.36. The Morgan fingerprint density at radius 1 is 1.14 bits per heavy atom. The molecule has 2 bridgehead atoms. The predicted octanol–water partition coefficient (Wildman–Crippen LogP) is 3.55. The average Bonchev–Trinajstić information content (AvgIpc) is 3.45. The van der Waals surface area contributed by atoms with Gasteiger partial charge in [0.25, 0.3) is 5.91 Å². The van der Waals surface area contributed by atoms with E-state index < -0.39 is 0 Å². The van der Waals surface area contributed by atoms with Crippen LogP contribution in [0.2, 0.25) is 0 Å². The molecule has 3 aromatic rings. The van der Waals surface area contributed by atoms with Gasteiger partial charge in [0.1, 0.15) is 5.69 Å². The minimum atomic E-state index is 0.0878. The average molecular weight is 388 g/mol. The molecule has 0 unspecified atom stereocenters. The van der Waals surface area contributed by atoms with Gasteiger partial charge in [0.05, 0.1) is 12.2 Å². The second-order valence-corrected chi connectivity index (χ2v) is 7.92. The zero-order valence-corrected chi connectivity index (χ0v) is 16.4. The SMILES string of the molecule is Cn1cc(C(=O)N2[C@@H]3CC[C@H]2[C@H](COc2ccccn2)C3)c(-c2ccccc2)n1. The van der Waals surface area contributed by atoms with Gasteiger partial charge in [-0.15, -0.1) is 0 Å². The fourth-order valence-corrected chi connectivity index (χ4v) is 4.83. The van der Waals surface area contributed by atoms with Gasteiger partial charge < -0.3 is 9.64 Å². The van der Waals surface area contributed by atoms with Crippen molar-refractivity contribution in [2.24, 2.45) is 13.0 Å². The maximum Gasteiger partial charge on any atom is 0.258 e. The summed E-state index contributed by atoms with van der Waals surface area (Å²) in [5.41, 5.74) is 2.41. The summed E-state index contributed by atoms with van der Waals surface area (Å²) in [6.07, 6.45) is 6.68. The molecule has 5 rings (SSSR count). The third-order valence-electron chi connectivity index (χ3n) is 6.09. The molecule has 3 atom stereocenters. The van der Waals surface area contributed by atoms with E-state index in [0.29, 0.717) is 24.0 Å². The second kappa shape index (κ2) is 7.35. The maximum absolute atomic E-state index is 13.6. The highest BCUT2D eigenvalue weighted by atomic mass is 16.5. The third-order valence-corrected chi connectivity index (χ3v) is 6.09. The predicted molar refractivity (Wildman–Crippen MR) is 109 cm³/mol. The molecule has 2 saturated heterocycles. The van der Waals surface area contributed by atoms with Gasteiger partial charge >= 0.3 is 0 Å². The summed E-state index contributed by atoms with van der Waals surface area (Å²) in [5.74, 6) is 1.08. The fraction of sp³-hybridized carbons (Fsp3) is 0.348. The van der Waals surface area contributed by atoms with Crippen molar-refractivity contribution in [3.63, 3.8) is 0 Å². The number of benzene rings is 1. The van der Waals surface area contributed by atoms with Crippen molar-refractivity contribution in [1.29, 1.82) is 0 Å². The number of carbonyl (C=O) groups excluding carboxylic acids is 1. The van der Waals surface area contributed by atoms with Crippen molar-refractivity contribution < 1.29 is 9.53 Å². The highest BCUT2D eigenvalue weighted by molar-refractivity contribution is 6.00. The largest absolute Gasteiger partial charge is 0.477 e. The molecule has 0 radical (unpaired) electrons. The van der Waals surface area contributed by atoms with Crippen molar-refractivity contribution in [3.05, 3.63) is 66.5 Å². The van der Waals surface area contributed by atoms with E-state index in [4.69, 9.17) is 4.74 Å². The summed E-state index contributed by atoms with van der Waals surface area (Å²) in [6.45, 7) is 0.598. The first kappa shape index (κ1) is 17.9. The van der Waals surface area contributed by atoms with Gasteiger partial charge in [0.15, 0.2) is 0 Å². The molecular weight excluding hydrogens is 364 g/mol. The topological polar surface area (TPSA) is 60.2 Å². The lowest BCUT2D eigenvalue weighted by molar-refractivity contribution is 0.0710. The van der Waals surface area contributed by atoms with Crippen LogP contribution in [0.25, 0.3) is 11.3 Å². The van der Waals surface area contributed by atoms with E-state index >= 15 is 0 Å². The standard InChI is InChI=1S/C23H24N4O2/c1-26-14-19(22(25-26)16-7-3-2-4-8-16)23(28)27-18-10-11-20(27)17(13-18)15-29-21-9-5-6-12-24-21/h2-9,12,14,17-18,20H,10-11,13,15H2,1H3/t17-,18+,20-/m0/s1. The Hall–Kier alpha value is -3.15. The van der Waals surface area contributed by atoms with E-state index in [1.165, 1.54) is 0 Å². The van der Waals surface area contributed by atoms with Gasteiger partial charge in [-0.05, 0) is 25.3 Å². The van der Waals surface area contributed by atoms with Crippen LogP contribution < -0.4 is 4.74 Å². The van der Waals surface area contributed by atoms with Crippen LogP contribution in [0.5, 0.6) is 5.88 Å². The van der Waals surface area contributed by atoms with Crippen LogP contribution in [-0.4, -0.2) is 44.3 Å². The minimum absolute atomic E-state index is 0.0878. The first-order valence-corrected chi connectivity index (χ1v) is 10.2.